The first-order chi connectivity index (χ1) is 13.5. The summed E-state index contributed by atoms with van der Waals surface area (Å²) in [5, 5.41) is 4.33. The first-order valence-electron chi connectivity index (χ1n) is 9.27. The number of carbonyl (C=O) groups excluding carboxylic acids is 2. The van der Waals surface area contributed by atoms with E-state index < -0.39 is 11.6 Å². The van der Waals surface area contributed by atoms with Crippen LogP contribution in [0.15, 0.2) is 42.5 Å². The number of nitrogens with zero attached hydrogens (tertiary/aromatic N) is 1. The molecule has 1 N–H and O–H groups in total. The number of hydrogen-bond donors (Lipinski definition) is 1. The minimum absolute atomic E-state index is 0.00773. The second-order valence-electron chi connectivity index (χ2n) is 7.94. The van der Waals surface area contributed by atoms with Crippen molar-refractivity contribution < 1.29 is 9.59 Å². The third-order valence-corrected chi connectivity index (χ3v) is 5.24. The molecule has 0 radical (unpaired) electrons. The fraction of sp³-hybridized carbons (Fsp3) is 0.364. The van der Waals surface area contributed by atoms with E-state index in [0.29, 0.717) is 20.6 Å². The van der Waals surface area contributed by atoms with Gasteiger partial charge >= 0.3 is 0 Å². The van der Waals surface area contributed by atoms with Crippen molar-refractivity contribution >= 4 is 46.6 Å². The van der Waals surface area contributed by atoms with Gasteiger partial charge in [0.05, 0.1) is 6.42 Å². The van der Waals surface area contributed by atoms with Gasteiger partial charge in [0.1, 0.15) is 6.04 Å². The van der Waals surface area contributed by atoms with Gasteiger partial charge in [-0.15, -0.1) is 0 Å². The average molecular weight is 456 g/mol. The van der Waals surface area contributed by atoms with Crippen molar-refractivity contribution in [3.8, 4) is 0 Å². The summed E-state index contributed by atoms with van der Waals surface area (Å²) in [7, 11) is 0. The van der Waals surface area contributed by atoms with Crippen LogP contribution in [0.25, 0.3) is 0 Å². The SMILES string of the molecule is C[C@@H](C(=O)NC(C)(C)C)N(Cc1cccc(Cl)c1)C(=O)Cc1c(Cl)cccc1Cl. The number of benzene rings is 2. The fourth-order valence-corrected chi connectivity index (χ4v) is 3.59. The molecule has 0 fully saturated rings. The van der Waals surface area contributed by atoms with Crippen LogP contribution in [-0.4, -0.2) is 28.3 Å². The maximum Gasteiger partial charge on any atom is 0.242 e. The number of amides is 2. The highest BCUT2D eigenvalue weighted by atomic mass is 35.5. The Morgan fingerprint density at radius 1 is 1.03 bits per heavy atom. The lowest BCUT2D eigenvalue weighted by Gasteiger charge is -2.31. The molecule has 0 spiro atoms. The molecule has 0 heterocycles. The van der Waals surface area contributed by atoms with Gasteiger partial charge in [0, 0.05) is 27.2 Å². The lowest BCUT2D eigenvalue weighted by atomic mass is 10.1. The number of halogens is 3. The zero-order chi connectivity index (χ0) is 21.8. The molecule has 156 valence electrons. The molecule has 0 aliphatic rings. The van der Waals surface area contributed by atoms with E-state index in [-0.39, 0.29) is 24.8 Å². The quantitative estimate of drug-likeness (QED) is 0.623. The maximum atomic E-state index is 13.2. The summed E-state index contributed by atoms with van der Waals surface area (Å²) < 4.78 is 0. The number of nitrogens with one attached hydrogen (secondary N) is 1. The molecule has 7 heteroatoms. The van der Waals surface area contributed by atoms with Crippen LogP contribution in [0.1, 0.15) is 38.8 Å². The highest BCUT2D eigenvalue weighted by Gasteiger charge is 2.29. The molecule has 4 nitrogen and oxygen atoms in total. The molecule has 2 aromatic rings. The van der Waals surface area contributed by atoms with Crippen molar-refractivity contribution in [2.75, 3.05) is 0 Å². The Morgan fingerprint density at radius 2 is 1.62 bits per heavy atom. The third-order valence-electron chi connectivity index (χ3n) is 4.30. The van der Waals surface area contributed by atoms with Crippen molar-refractivity contribution in [1.82, 2.24) is 10.2 Å². The summed E-state index contributed by atoms with van der Waals surface area (Å²) in [5.41, 5.74) is 0.953. The molecular weight excluding hydrogens is 431 g/mol. The normalized spacial score (nSPS) is 12.4. The van der Waals surface area contributed by atoms with Crippen molar-refractivity contribution in [2.45, 2.75) is 52.2 Å². The molecule has 0 saturated carbocycles. The van der Waals surface area contributed by atoms with Crippen LogP contribution in [0.4, 0.5) is 0 Å². The second-order valence-corrected chi connectivity index (χ2v) is 9.19. The Bertz CT molecular complexity index is 874. The largest absolute Gasteiger partial charge is 0.350 e. The molecule has 2 aromatic carbocycles. The van der Waals surface area contributed by atoms with E-state index in [4.69, 9.17) is 34.8 Å². The van der Waals surface area contributed by atoms with E-state index >= 15 is 0 Å². The van der Waals surface area contributed by atoms with Crippen molar-refractivity contribution in [3.05, 3.63) is 68.7 Å². The average Bonchev–Trinajstić information content (AvgIpc) is 2.61. The van der Waals surface area contributed by atoms with Gasteiger partial charge in [-0.2, -0.15) is 0 Å². The van der Waals surface area contributed by atoms with E-state index in [1.165, 1.54) is 4.90 Å². The van der Waals surface area contributed by atoms with Crippen LogP contribution in [0, 0.1) is 0 Å². The van der Waals surface area contributed by atoms with Gasteiger partial charge < -0.3 is 10.2 Å². The Hall–Kier alpha value is -1.75. The predicted molar refractivity (Wildman–Crippen MR) is 120 cm³/mol. The molecule has 2 amide bonds. The molecule has 0 saturated heterocycles. The number of hydrogen-bond acceptors (Lipinski definition) is 2. The highest BCUT2D eigenvalue weighted by Crippen LogP contribution is 2.26. The van der Waals surface area contributed by atoms with Gasteiger partial charge in [0.15, 0.2) is 0 Å². The first-order valence-corrected chi connectivity index (χ1v) is 10.4. The van der Waals surface area contributed by atoms with Crippen molar-refractivity contribution in [1.29, 1.82) is 0 Å². The van der Waals surface area contributed by atoms with Crippen molar-refractivity contribution in [3.63, 3.8) is 0 Å². The summed E-state index contributed by atoms with van der Waals surface area (Å²) in [6.07, 6.45) is -0.00773. The van der Waals surface area contributed by atoms with Gasteiger partial charge in [-0.05, 0) is 63.1 Å². The molecule has 2 rings (SSSR count). The van der Waals surface area contributed by atoms with Crippen LogP contribution in [-0.2, 0) is 22.6 Å². The fourth-order valence-electron chi connectivity index (χ4n) is 2.84. The molecular formula is C22H25Cl3N2O2. The lowest BCUT2D eigenvalue weighted by Crippen LogP contribution is -2.52. The van der Waals surface area contributed by atoms with E-state index in [1.807, 2.05) is 32.9 Å². The van der Waals surface area contributed by atoms with E-state index in [0.717, 1.165) is 5.56 Å². The van der Waals surface area contributed by atoms with E-state index in [1.54, 1.807) is 37.3 Å². The van der Waals surface area contributed by atoms with Crippen molar-refractivity contribution in [2.24, 2.45) is 0 Å². The summed E-state index contributed by atoms with van der Waals surface area (Å²) in [4.78, 5) is 27.5. The Balaban J connectivity index is 2.32. The maximum absolute atomic E-state index is 13.2. The minimum atomic E-state index is -0.693. The lowest BCUT2D eigenvalue weighted by molar-refractivity contribution is -0.140. The van der Waals surface area contributed by atoms with Crippen LogP contribution in [0.2, 0.25) is 15.1 Å². The predicted octanol–water partition coefficient (Wildman–Crippen LogP) is 5.52. The van der Waals surface area contributed by atoms with Gasteiger partial charge in [-0.1, -0.05) is 53.0 Å². The summed E-state index contributed by atoms with van der Waals surface area (Å²) in [5.74, 6) is -0.491. The molecule has 0 unspecified atom stereocenters. The van der Waals surface area contributed by atoms with E-state index in [2.05, 4.69) is 5.32 Å². The minimum Gasteiger partial charge on any atom is -0.350 e. The van der Waals surface area contributed by atoms with E-state index in [9.17, 15) is 9.59 Å². The zero-order valence-electron chi connectivity index (χ0n) is 16.9. The Morgan fingerprint density at radius 3 is 2.17 bits per heavy atom. The second kappa shape index (κ2) is 9.84. The smallest absolute Gasteiger partial charge is 0.242 e. The molecule has 1 atom stereocenters. The monoisotopic (exact) mass is 454 g/mol. The van der Waals surface area contributed by atoms with Gasteiger partial charge in [0.25, 0.3) is 0 Å². The zero-order valence-corrected chi connectivity index (χ0v) is 19.2. The van der Waals surface area contributed by atoms with Crippen LogP contribution < -0.4 is 5.32 Å². The standard InChI is InChI=1S/C22H25Cl3N2O2/c1-14(21(29)26-22(2,3)4)27(13-15-7-5-8-16(23)11-15)20(28)12-17-18(24)9-6-10-19(17)25/h5-11,14H,12-13H2,1-4H3,(H,26,29)/t14-/m0/s1. The van der Waals surface area contributed by atoms with Gasteiger partial charge in [-0.3, -0.25) is 9.59 Å². The van der Waals surface area contributed by atoms with Gasteiger partial charge in [-0.25, -0.2) is 0 Å². The molecule has 0 aromatic heterocycles. The molecule has 0 aliphatic carbocycles. The molecule has 0 bridgehead atoms. The summed E-state index contributed by atoms with van der Waals surface area (Å²) >= 11 is 18.6. The highest BCUT2D eigenvalue weighted by molar-refractivity contribution is 6.36. The summed E-state index contributed by atoms with van der Waals surface area (Å²) in [6.45, 7) is 7.62. The first kappa shape index (κ1) is 23.5. The number of rotatable bonds is 6. The Labute approximate surface area is 187 Å². The summed E-state index contributed by atoms with van der Waals surface area (Å²) in [6, 6.07) is 11.6. The van der Waals surface area contributed by atoms with Gasteiger partial charge in [0.2, 0.25) is 11.8 Å². The molecule has 0 aliphatic heterocycles. The van der Waals surface area contributed by atoms with Crippen LogP contribution >= 0.6 is 34.8 Å². The number of carbonyl (C=O) groups is 2. The topological polar surface area (TPSA) is 49.4 Å². The molecule has 29 heavy (non-hydrogen) atoms. The Kier molecular flexibility index (Phi) is 7.98. The third kappa shape index (κ3) is 6.91. The van der Waals surface area contributed by atoms with Crippen LogP contribution in [0.3, 0.4) is 0 Å². The van der Waals surface area contributed by atoms with Crippen LogP contribution in [0.5, 0.6) is 0 Å².